The summed E-state index contributed by atoms with van der Waals surface area (Å²) in [4.78, 5) is 52.5. The van der Waals surface area contributed by atoms with E-state index in [4.69, 9.17) is 11.6 Å². The van der Waals surface area contributed by atoms with Gasteiger partial charge in [-0.1, -0.05) is 29.8 Å². The zero-order valence-corrected chi connectivity index (χ0v) is 19.2. The lowest BCUT2D eigenvalue weighted by atomic mass is 10.1. The van der Waals surface area contributed by atoms with Gasteiger partial charge in [0.15, 0.2) is 0 Å². The van der Waals surface area contributed by atoms with E-state index in [1.54, 1.807) is 25.2 Å². The quantitative estimate of drug-likeness (QED) is 0.673. The number of rotatable bonds is 4. The summed E-state index contributed by atoms with van der Waals surface area (Å²) in [5.74, 6) is -0.945. The first-order valence-electron chi connectivity index (χ1n) is 10.8. The van der Waals surface area contributed by atoms with E-state index in [0.29, 0.717) is 35.7 Å². The summed E-state index contributed by atoms with van der Waals surface area (Å²) in [6, 6.07) is 9.87. The van der Waals surface area contributed by atoms with Gasteiger partial charge < -0.3 is 10.2 Å². The van der Waals surface area contributed by atoms with Crippen molar-refractivity contribution in [1.82, 2.24) is 15.5 Å². The lowest BCUT2D eigenvalue weighted by Crippen LogP contribution is -2.46. The maximum absolute atomic E-state index is 12.9. The van der Waals surface area contributed by atoms with Crippen LogP contribution in [0.2, 0.25) is 5.02 Å². The number of halogens is 1. The number of carbonyl (C=O) groups excluding carboxylic acids is 4. The third kappa shape index (κ3) is 4.71. The average molecular weight is 469 g/mol. The summed E-state index contributed by atoms with van der Waals surface area (Å²) in [5, 5.41) is 5.82. The molecule has 0 aromatic heterocycles. The fourth-order valence-corrected chi connectivity index (χ4v) is 4.30. The van der Waals surface area contributed by atoms with E-state index in [1.807, 2.05) is 25.1 Å². The molecule has 2 aromatic rings. The molecule has 5 amide bonds. The molecule has 2 aliphatic rings. The number of nitrogens with one attached hydrogen (secondary N) is 2. The summed E-state index contributed by atoms with van der Waals surface area (Å²) in [6.45, 7) is 2.47. The molecule has 8 nitrogen and oxygen atoms in total. The van der Waals surface area contributed by atoms with E-state index >= 15 is 0 Å². The van der Waals surface area contributed by atoms with Crippen molar-refractivity contribution in [1.29, 1.82) is 0 Å². The summed E-state index contributed by atoms with van der Waals surface area (Å²) < 4.78 is 0. The molecule has 0 saturated carbocycles. The van der Waals surface area contributed by atoms with Gasteiger partial charge in [0, 0.05) is 42.8 Å². The first-order chi connectivity index (χ1) is 15.7. The number of hydrogen-bond donors (Lipinski definition) is 2. The van der Waals surface area contributed by atoms with Crippen molar-refractivity contribution in [3.05, 3.63) is 63.7 Å². The number of carbonyl (C=O) groups is 4. The van der Waals surface area contributed by atoms with Crippen LogP contribution in [0.25, 0.3) is 0 Å². The number of nitrogens with zero attached hydrogens (tertiary/aromatic N) is 2. The number of amides is 5. The monoisotopic (exact) mass is 468 g/mol. The molecule has 0 spiro atoms. The molecule has 1 unspecified atom stereocenters. The maximum atomic E-state index is 12.9. The van der Waals surface area contributed by atoms with Gasteiger partial charge in [0.05, 0.1) is 0 Å². The Hall–Kier alpha value is -3.39. The van der Waals surface area contributed by atoms with E-state index in [1.165, 1.54) is 9.80 Å². The van der Waals surface area contributed by atoms with Crippen LogP contribution in [0, 0.1) is 6.92 Å². The van der Waals surface area contributed by atoms with Gasteiger partial charge in [0.25, 0.3) is 5.91 Å². The van der Waals surface area contributed by atoms with Crippen molar-refractivity contribution in [3.63, 3.8) is 0 Å². The molecule has 2 aromatic carbocycles. The molecule has 0 bridgehead atoms. The molecule has 0 aliphatic carbocycles. The van der Waals surface area contributed by atoms with Gasteiger partial charge >= 0.3 is 6.03 Å². The van der Waals surface area contributed by atoms with Gasteiger partial charge in [-0.2, -0.15) is 0 Å². The van der Waals surface area contributed by atoms with Crippen molar-refractivity contribution in [3.8, 4) is 0 Å². The molecule has 33 heavy (non-hydrogen) atoms. The van der Waals surface area contributed by atoms with Crippen LogP contribution in [0.1, 0.15) is 46.3 Å². The van der Waals surface area contributed by atoms with Crippen LogP contribution in [-0.4, -0.2) is 41.7 Å². The van der Waals surface area contributed by atoms with Gasteiger partial charge in [-0.3, -0.25) is 24.6 Å². The van der Waals surface area contributed by atoms with Gasteiger partial charge in [-0.25, -0.2) is 4.79 Å². The van der Waals surface area contributed by atoms with E-state index in [2.05, 4.69) is 10.6 Å². The minimum Gasteiger partial charge on any atom is -0.334 e. The number of anilines is 1. The fourth-order valence-electron chi connectivity index (χ4n) is 4.13. The van der Waals surface area contributed by atoms with E-state index in [9.17, 15) is 19.2 Å². The summed E-state index contributed by atoms with van der Waals surface area (Å²) in [7, 11) is 1.66. The minimum atomic E-state index is -0.658. The predicted molar refractivity (Wildman–Crippen MR) is 124 cm³/mol. The molecule has 9 heteroatoms. The van der Waals surface area contributed by atoms with Gasteiger partial charge in [0.1, 0.15) is 6.04 Å². The third-order valence-corrected chi connectivity index (χ3v) is 6.52. The Bertz CT molecular complexity index is 1150. The summed E-state index contributed by atoms with van der Waals surface area (Å²) in [5.41, 5.74) is 3.79. The highest BCUT2D eigenvalue weighted by Crippen LogP contribution is 2.28. The molecule has 0 radical (unpaired) electrons. The van der Waals surface area contributed by atoms with E-state index in [-0.39, 0.29) is 30.8 Å². The van der Waals surface area contributed by atoms with Crippen molar-refractivity contribution >= 4 is 41.0 Å². The van der Waals surface area contributed by atoms with Crippen molar-refractivity contribution in [2.75, 3.05) is 11.9 Å². The number of urea groups is 1. The lowest BCUT2D eigenvalue weighted by molar-refractivity contribution is -0.132. The molecule has 2 heterocycles. The number of hydrogen-bond acceptors (Lipinski definition) is 4. The Balaban J connectivity index is 1.41. The van der Waals surface area contributed by atoms with Gasteiger partial charge in [-0.15, -0.1) is 0 Å². The van der Waals surface area contributed by atoms with Crippen LogP contribution in [0.5, 0.6) is 0 Å². The largest absolute Gasteiger partial charge is 0.334 e. The van der Waals surface area contributed by atoms with E-state index in [0.717, 1.165) is 16.7 Å². The molecular formula is C24H25ClN4O4. The van der Waals surface area contributed by atoms with Crippen molar-refractivity contribution < 1.29 is 19.2 Å². The normalized spacial score (nSPS) is 18.0. The van der Waals surface area contributed by atoms with Crippen LogP contribution in [0.3, 0.4) is 0 Å². The second kappa shape index (κ2) is 9.23. The van der Waals surface area contributed by atoms with Gasteiger partial charge in [0.2, 0.25) is 11.8 Å². The summed E-state index contributed by atoms with van der Waals surface area (Å²) >= 11 is 6.16. The molecule has 172 valence electrons. The third-order valence-electron chi connectivity index (χ3n) is 6.12. The number of aryl methyl sites for hydroxylation is 1. The van der Waals surface area contributed by atoms with Crippen LogP contribution in [0.4, 0.5) is 10.5 Å². The lowest BCUT2D eigenvalue weighted by Gasteiger charge is -2.24. The Labute approximate surface area is 196 Å². The highest BCUT2D eigenvalue weighted by Gasteiger charge is 2.37. The Morgan fingerprint density at radius 1 is 1.21 bits per heavy atom. The van der Waals surface area contributed by atoms with Crippen LogP contribution in [0.15, 0.2) is 36.4 Å². The highest BCUT2D eigenvalue weighted by atomic mass is 35.5. The summed E-state index contributed by atoms with van der Waals surface area (Å²) in [6.07, 6.45) is 1.29. The number of benzene rings is 2. The zero-order valence-electron chi connectivity index (χ0n) is 18.5. The molecule has 1 fully saturated rings. The maximum Gasteiger partial charge on any atom is 0.321 e. The van der Waals surface area contributed by atoms with Crippen LogP contribution < -0.4 is 15.5 Å². The zero-order chi connectivity index (χ0) is 23.7. The Morgan fingerprint density at radius 2 is 2.00 bits per heavy atom. The number of imide groups is 1. The Kier molecular flexibility index (Phi) is 6.37. The van der Waals surface area contributed by atoms with Crippen LogP contribution in [-0.2, 0) is 22.7 Å². The first kappa shape index (κ1) is 22.8. The topological polar surface area (TPSA) is 98.8 Å². The predicted octanol–water partition coefficient (Wildman–Crippen LogP) is 3.15. The minimum absolute atomic E-state index is 0.217. The van der Waals surface area contributed by atoms with Crippen molar-refractivity contribution in [2.45, 2.75) is 45.3 Å². The fraction of sp³-hybridized carbons (Fsp3) is 0.333. The molecule has 1 saturated heterocycles. The molecule has 2 N–H and O–H groups in total. The molecular weight excluding hydrogens is 444 g/mol. The highest BCUT2D eigenvalue weighted by molar-refractivity contribution is 6.31. The Morgan fingerprint density at radius 3 is 2.76 bits per heavy atom. The van der Waals surface area contributed by atoms with E-state index < -0.39 is 11.9 Å². The standard InChI is InChI=1S/C24H25ClN4O4/c1-14-6-8-17(11-19(14)25)28(2)24(33)26-12-15-7-9-18-16(10-15)13-29(23(18)32)20-4-3-5-21(30)27-22(20)31/h6-11,20H,3-5,12-13H2,1-2H3,(H,26,33)(H,27,30,31). The van der Waals surface area contributed by atoms with Gasteiger partial charge in [-0.05, 0) is 54.7 Å². The SMILES string of the molecule is Cc1ccc(N(C)C(=O)NCc2ccc3c(c2)CN(C2CCCC(=O)NC2=O)C3=O)cc1Cl. The average Bonchev–Trinajstić information content (AvgIpc) is 3.01. The van der Waals surface area contributed by atoms with Crippen LogP contribution >= 0.6 is 11.6 Å². The molecule has 2 aliphatic heterocycles. The van der Waals surface area contributed by atoms with Crippen molar-refractivity contribution in [2.24, 2.45) is 0 Å². The number of fused-ring (bicyclic) bond motifs is 1. The molecule has 1 atom stereocenters. The second-order valence-corrected chi connectivity index (χ2v) is 8.80. The molecule has 4 rings (SSSR count). The smallest absolute Gasteiger partial charge is 0.321 e. The second-order valence-electron chi connectivity index (χ2n) is 8.40. The first-order valence-corrected chi connectivity index (χ1v) is 11.2.